The Kier molecular flexibility index (Phi) is 7.91. The van der Waals surface area contributed by atoms with Crippen LogP contribution in [0.2, 0.25) is 0 Å². The zero-order valence-corrected chi connectivity index (χ0v) is 17.8. The zero-order chi connectivity index (χ0) is 19.8. The van der Waals surface area contributed by atoms with E-state index in [4.69, 9.17) is 9.47 Å². The number of nitrogens with one attached hydrogen (secondary N) is 1. The summed E-state index contributed by atoms with van der Waals surface area (Å²) in [6.07, 6.45) is 2.71. The lowest BCUT2D eigenvalue weighted by molar-refractivity contribution is -0.385. The molecule has 1 aromatic heterocycles. The van der Waals surface area contributed by atoms with Crippen LogP contribution in [0.25, 0.3) is 0 Å². The number of benzene rings is 1. The van der Waals surface area contributed by atoms with Gasteiger partial charge < -0.3 is 9.47 Å². The van der Waals surface area contributed by atoms with Gasteiger partial charge in [-0.05, 0) is 69.2 Å². The summed E-state index contributed by atoms with van der Waals surface area (Å²) in [7, 11) is 0. The average Bonchev–Trinajstić information content (AvgIpc) is 2.61. The quantitative estimate of drug-likeness (QED) is 0.175. The zero-order valence-electron chi connectivity index (χ0n) is 14.0. The molecule has 1 heterocycles. The Morgan fingerprint density at radius 2 is 2.26 bits per heavy atom. The highest BCUT2D eigenvalue weighted by Gasteiger charge is 2.11. The van der Waals surface area contributed by atoms with Gasteiger partial charge in [0.15, 0.2) is 6.61 Å². The Labute approximate surface area is 176 Å². The van der Waals surface area contributed by atoms with E-state index in [1.165, 1.54) is 12.1 Å². The van der Waals surface area contributed by atoms with Gasteiger partial charge in [0.05, 0.1) is 25.8 Å². The van der Waals surface area contributed by atoms with Crippen LogP contribution in [-0.4, -0.2) is 35.3 Å². The number of esters is 1. The van der Waals surface area contributed by atoms with Crippen molar-refractivity contribution in [1.82, 2.24) is 4.98 Å². The second-order valence-corrected chi connectivity index (χ2v) is 6.95. The minimum atomic E-state index is -0.523. The Bertz CT molecular complexity index is 837. The molecule has 0 aliphatic carbocycles. The third-order valence-electron chi connectivity index (χ3n) is 3.01. The number of hydrogen-bond acceptors (Lipinski definition) is 8. The molecule has 2 rings (SSSR count). The molecule has 0 amide bonds. The molecule has 0 radical (unpaired) electrons. The number of hydrogen-bond donors (Lipinski definition) is 1. The number of anilines is 1. The first-order valence-corrected chi connectivity index (χ1v) is 9.45. The van der Waals surface area contributed by atoms with Crippen molar-refractivity contribution in [2.45, 2.75) is 6.92 Å². The molecule has 0 saturated heterocycles. The number of halogens is 2. The van der Waals surface area contributed by atoms with Gasteiger partial charge in [-0.2, -0.15) is 5.10 Å². The molecular formula is C16H14BrIN4O5. The van der Waals surface area contributed by atoms with E-state index in [1.807, 2.05) is 6.07 Å². The van der Waals surface area contributed by atoms with Crippen LogP contribution in [0.5, 0.6) is 5.75 Å². The van der Waals surface area contributed by atoms with Crippen LogP contribution in [-0.2, 0) is 9.53 Å². The van der Waals surface area contributed by atoms with Crippen LogP contribution in [0, 0.1) is 13.7 Å². The van der Waals surface area contributed by atoms with Gasteiger partial charge in [0, 0.05) is 6.07 Å². The largest absolute Gasteiger partial charge is 0.480 e. The average molecular weight is 549 g/mol. The molecule has 0 spiro atoms. The first-order valence-electron chi connectivity index (χ1n) is 7.57. The number of aromatic nitrogens is 1. The van der Waals surface area contributed by atoms with Crippen molar-refractivity contribution < 1.29 is 19.2 Å². The molecule has 0 atom stereocenters. The van der Waals surface area contributed by atoms with Crippen molar-refractivity contribution in [3.63, 3.8) is 0 Å². The molecule has 1 N–H and O–H groups in total. The normalized spacial score (nSPS) is 10.6. The van der Waals surface area contributed by atoms with Crippen LogP contribution >= 0.6 is 38.5 Å². The molecule has 0 aliphatic heterocycles. The number of ether oxygens (including phenoxy) is 2. The van der Waals surface area contributed by atoms with Gasteiger partial charge in [-0.15, -0.1) is 0 Å². The second-order valence-electron chi connectivity index (χ2n) is 4.94. The fourth-order valence-corrected chi connectivity index (χ4v) is 3.63. The van der Waals surface area contributed by atoms with Crippen LogP contribution in [0.3, 0.4) is 0 Å². The Balaban J connectivity index is 2.01. The Morgan fingerprint density at radius 3 is 2.85 bits per heavy atom. The Hall–Kier alpha value is -2.28. The van der Waals surface area contributed by atoms with E-state index in [-0.39, 0.29) is 12.3 Å². The molecule has 2 aromatic rings. The molecule has 0 bridgehead atoms. The van der Waals surface area contributed by atoms with Crippen LogP contribution < -0.4 is 10.2 Å². The predicted octanol–water partition coefficient (Wildman–Crippen LogP) is 3.74. The van der Waals surface area contributed by atoms with Gasteiger partial charge in [-0.3, -0.25) is 15.5 Å². The SMILES string of the molecule is CCOC(=O)COc1c(Br)cc(/C=N/Nc2ccc([N+](=O)[O-])cn2)cc1I. The summed E-state index contributed by atoms with van der Waals surface area (Å²) in [6.45, 7) is 1.85. The van der Waals surface area contributed by atoms with E-state index in [0.717, 1.165) is 15.3 Å². The lowest BCUT2D eigenvalue weighted by Crippen LogP contribution is -2.15. The fourth-order valence-electron chi connectivity index (χ4n) is 1.86. The Morgan fingerprint density at radius 1 is 1.48 bits per heavy atom. The number of pyridine rings is 1. The van der Waals surface area contributed by atoms with Crippen molar-refractivity contribution in [3.05, 3.63) is 54.2 Å². The molecule has 0 fully saturated rings. The van der Waals surface area contributed by atoms with Crippen molar-refractivity contribution in [2.24, 2.45) is 5.10 Å². The monoisotopic (exact) mass is 548 g/mol. The van der Waals surface area contributed by atoms with Crippen molar-refractivity contribution >= 4 is 62.2 Å². The number of hydrazone groups is 1. The second kappa shape index (κ2) is 10.2. The summed E-state index contributed by atoms with van der Waals surface area (Å²) in [4.78, 5) is 25.4. The van der Waals surface area contributed by atoms with Crippen molar-refractivity contribution in [1.29, 1.82) is 0 Å². The number of carbonyl (C=O) groups is 1. The topological polar surface area (TPSA) is 116 Å². The van der Waals surface area contributed by atoms with Gasteiger partial charge >= 0.3 is 5.97 Å². The van der Waals surface area contributed by atoms with E-state index < -0.39 is 10.9 Å². The molecule has 0 saturated carbocycles. The summed E-state index contributed by atoms with van der Waals surface area (Å²) in [5.41, 5.74) is 3.36. The lowest BCUT2D eigenvalue weighted by Gasteiger charge is -2.10. The molecule has 11 heteroatoms. The first-order chi connectivity index (χ1) is 12.9. The molecule has 1 aromatic carbocycles. The lowest BCUT2D eigenvalue weighted by atomic mass is 10.2. The number of nitrogens with zero attached hydrogens (tertiary/aromatic N) is 3. The summed E-state index contributed by atoms with van der Waals surface area (Å²) >= 11 is 5.49. The van der Waals surface area contributed by atoms with Crippen LogP contribution in [0.4, 0.5) is 11.5 Å². The minimum absolute atomic E-state index is 0.0959. The van der Waals surface area contributed by atoms with Gasteiger partial charge in [-0.1, -0.05) is 0 Å². The molecule has 142 valence electrons. The van der Waals surface area contributed by atoms with Gasteiger partial charge in [0.2, 0.25) is 0 Å². The number of nitro groups is 1. The van der Waals surface area contributed by atoms with Gasteiger partial charge in [-0.25, -0.2) is 9.78 Å². The maximum atomic E-state index is 11.4. The minimum Gasteiger partial charge on any atom is -0.480 e. The maximum Gasteiger partial charge on any atom is 0.344 e. The highest BCUT2D eigenvalue weighted by molar-refractivity contribution is 14.1. The predicted molar refractivity (Wildman–Crippen MR) is 111 cm³/mol. The molecule has 9 nitrogen and oxygen atoms in total. The van der Waals surface area contributed by atoms with Crippen molar-refractivity contribution in [3.8, 4) is 5.75 Å². The number of carbonyl (C=O) groups excluding carboxylic acids is 1. The third kappa shape index (κ3) is 6.43. The molecule has 0 aliphatic rings. The number of rotatable bonds is 8. The molecule has 0 unspecified atom stereocenters. The van der Waals surface area contributed by atoms with Crippen molar-refractivity contribution in [2.75, 3.05) is 18.6 Å². The summed E-state index contributed by atoms with van der Waals surface area (Å²) in [5.74, 6) is 0.469. The highest BCUT2D eigenvalue weighted by atomic mass is 127. The van der Waals surface area contributed by atoms with Crippen LogP contribution in [0.1, 0.15) is 12.5 Å². The van der Waals surface area contributed by atoms with Gasteiger partial charge in [0.1, 0.15) is 17.8 Å². The molecular weight excluding hydrogens is 535 g/mol. The smallest absolute Gasteiger partial charge is 0.344 e. The summed E-state index contributed by atoms with van der Waals surface area (Å²) in [6, 6.07) is 6.39. The fraction of sp³-hybridized carbons (Fsp3) is 0.188. The molecule has 27 heavy (non-hydrogen) atoms. The van der Waals surface area contributed by atoms with E-state index in [1.54, 1.807) is 19.2 Å². The van der Waals surface area contributed by atoms with Crippen LogP contribution in [0.15, 0.2) is 40.0 Å². The highest BCUT2D eigenvalue weighted by Crippen LogP contribution is 2.31. The van der Waals surface area contributed by atoms with E-state index in [9.17, 15) is 14.9 Å². The summed E-state index contributed by atoms with van der Waals surface area (Å²) in [5, 5.41) is 14.6. The van der Waals surface area contributed by atoms with Gasteiger partial charge in [0.25, 0.3) is 5.69 Å². The third-order valence-corrected chi connectivity index (χ3v) is 4.40. The maximum absolute atomic E-state index is 11.4. The van der Waals surface area contributed by atoms with E-state index in [2.05, 4.69) is 54.0 Å². The van der Waals surface area contributed by atoms with E-state index >= 15 is 0 Å². The summed E-state index contributed by atoms with van der Waals surface area (Å²) < 4.78 is 11.8. The van der Waals surface area contributed by atoms with E-state index in [0.29, 0.717) is 22.6 Å². The standard InChI is InChI=1S/C16H14BrIN4O5/c1-2-26-15(23)9-27-16-12(17)5-10(6-13(16)18)7-20-21-14-4-3-11(8-19-14)22(24)25/h3-8H,2,9H2,1H3,(H,19,21)/b20-7+. The first kappa shape index (κ1) is 21.0.